The van der Waals surface area contributed by atoms with Crippen molar-refractivity contribution in [2.45, 2.75) is 6.92 Å². The summed E-state index contributed by atoms with van der Waals surface area (Å²) in [5.74, 6) is 0.565. The fraction of sp³-hybridized carbons (Fsp3) is 0.286. The first-order chi connectivity index (χ1) is 4.22. The van der Waals surface area contributed by atoms with Crippen LogP contribution in [0.2, 0.25) is 0 Å². The van der Waals surface area contributed by atoms with Crippen molar-refractivity contribution in [3.05, 3.63) is 24.3 Å². The normalized spacial score (nSPS) is 13.6. The van der Waals surface area contributed by atoms with Crippen molar-refractivity contribution in [2.75, 3.05) is 7.05 Å². The van der Waals surface area contributed by atoms with Crippen molar-refractivity contribution >= 4 is 5.84 Å². The summed E-state index contributed by atoms with van der Waals surface area (Å²) in [6, 6.07) is 0. The predicted molar refractivity (Wildman–Crippen MR) is 41.5 cm³/mol. The standard InChI is InChI=1S/C7H12N2/c1-4-5-6(2)7(8)9-3/h4-5H,1H2,2-3H3,(H2,8,9)/b6-5-. The SMILES string of the molecule is C=C/C=C(/C)C(N)=NC. The maximum atomic E-state index is 5.44. The highest BCUT2D eigenvalue weighted by Gasteiger charge is 1.88. The molecule has 0 bridgehead atoms. The largest absolute Gasteiger partial charge is 0.384 e. The van der Waals surface area contributed by atoms with Crippen LogP contribution in [0.5, 0.6) is 0 Å². The smallest absolute Gasteiger partial charge is 0.120 e. The molecule has 0 aromatic heterocycles. The first-order valence-electron chi connectivity index (χ1n) is 2.74. The minimum absolute atomic E-state index is 0.565. The maximum Gasteiger partial charge on any atom is 0.120 e. The Morgan fingerprint density at radius 1 is 1.67 bits per heavy atom. The number of hydrogen-bond donors (Lipinski definition) is 1. The van der Waals surface area contributed by atoms with Crippen LogP contribution >= 0.6 is 0 Å². The quantitative estimate of drug-likeness (QED) is 0.334. The van der Waals surface area contributed by atoms with Gasteiger partial charge in [0.25, 0.3) is 0 Å². The topological polar surface area (TPSA) is 38.4 Å². The number of allylic oxidation sites excluding steroid dienone is 2. The lowest BCUT2D eigenvalue weighted by molar-refractivity contribution is 1.37. The Hall–Kier alpha value is -1.05. The van der Waals surface area contributed by atoms with Crippen molar-refractivity contribution < 1.29 is 0 Å². The molecule has 0 aliphatic heterocycles. The van der Waals surface area contributed by atoms with Gasteiger partial charge in [-0.25, -0.2) is 0 Å². The van der Waals surface area contributed by atoms with E-state index < -0.39 is 0 Å². The van der Waals surface area contributed by atoms with Crippen LogP contribution in [-0.4, -0.2) is 12.9 Å². The molecule has 0 aromatic rings. The Morgan fingerprint density at radius 2 is 2.22 bits per heavy atom. The third-order valence-corrected chi connectivity index (χ3v) is 1.01. The molecule has 0 saturated heterocycles. The van der Waals surface area contributed by atoms with Crippen LogP contribution in [0.4, 0.5) is 0 Å². The molecule has 0 radical (unpaired) electrons. The second-order valence-corrected chi connectivity index (χ2v) is 1.69. The molecular formula is C7H12N2. The summed E-state index contributed by atoms with van der Waals surface area (Å²) in [6.45, 7) is 5.42. The number of nitrogens with two attached hydrogens (primary N) is 1. The monoisotopic (exact) mass is 124 g/mol. The molecule has 0 atom stereocenters. The van der Waals surface area contributed by atoms with Gasteiger partial charge in [0.05, 0.1) is 0 Å². The molecule has 0 rings (SSSR count). The molecule has 0 aliphatic rings. The van der Waals surface area contributed by atoms with E-state index in [1.54, 1.807) is 13.1 Å². The van der Waals surface area contributed by atoms with Gasteiger partial charge in [-0.1, -0.05) is 18.7 Å². The van der Waals surface area contributed by atoms with E-state index in [0.717, 1.165) is 5.57 Å². The van der Waals surface area contributed by atoms with Gasteiger partial charge in [0.15, 0.2) is 0 Å². The molecule has 50 valence electrons. The van der Waals surface area contributed by atoms with Crippen molar-refractivity contribution in [2.24, 2.45) is 10.7 Å². The first kappa shape index (κ1) is 7.95. The molecule has 0 aliphatic carbocycles. The molecule has 0 fully saturated rings. The van der Waals surface area contributed by atoms with Crippen LogP contribution in [0.3, 0.4) is 0 Å². The lowest BCUT2D eigenvalue weighted by Gasteiger charge is -1.94. The molecule has 0 unspecified atom stereocenters. The summed E-state index contributed by atoms with van der Waals surface area (Å²) < 4.78 is 0. The summed E-state index contributed by atoms with van der Waals surface area (Å²) in [5.41, 5.74) is 6.39. The summed E-state index contributed by atoms with van der Waals surface area (Å²) in [6.07, 6.45) is 3.51. The zero-order valence-electron chi connectivity index (χ0n) is 5.89. The van der Waals surface area contributed by atoms with Crippen LogP contribution in [0.25, 0.3) is 0 Å². The molecule has 2 nitrogen and oxygen atoms in total. The minimum Gasteiger partial charge on any atom is -0.384 e. The van der Waals surface area contributed by atoms with Gasteiger partial charge >= 0.3 is 0 Å². The zero-order chi connectivity index (χ0) is 7.28. The van der Waals surface area contributed by atoms with Gasteiger partial charge in [-0.3, -0.25) is 4.99 Å². The lowest BCUT2D eigenvalue weighted by atomic mass is 10.2. The summed E-state index contributed by atoms with van der Waals surface area (Å²) in [5, 5.41) is 0. The zero-order valence-corrected chi connectivity index (χ0v) is 5.89. The molecule has 0 amide bonds. The van der Waals surface area contributed by atoms with Gasteiger partial charge in [0.2, 0.25) is 0 Å². The Kier molecular flexibility index (Phi) is 3.44. The maximum absolute atomic E-state index is 5.44. The van der Waals surface area contributed by atoms with E-state index in [9.17, 15) is 0 Å². The third-order valence-electron chi connectivity index (χ3n) is 1.01. The highest BCUT2D eigenvalue weighted by molar-refractivity contribution is 5.96. The van der Waals surface area contributed by atoms with Crippen LogP contribution < -0.4 is 5.73 Å². The summed E-state index contributed by atoms with van der Waals surface area (Å²) in [4.78, 5) is 3.79. The second kappa shape index (κ2) is 3.89. The van der Waals surface area contributed by atoms with E-state index in [-0.39, 0.29) is 0 Å². The van der Waals surface area contributed by atoms with Crippen molar-refractivity contribution in [1.29, 1.82) is 0 Å². The van der Waals surface area contributed by atoms with Gasteiger partial charge in [0.1, 0.15) is 5.84 Å². The van der Waals surface area contributed by atoms with E-state index in [1.165, 1.54) is 0 Å². The van der Waals surface area contributed by atoms with Crippen LogP contribution in [0.15, 0.2) is 29.3 Å². The van der Waals surface area contributed by atoms with Crippen LogP contribution in [-0.2, 0) is 0 Å². The predicted octanol–water partition coefficient (Wildman–Crippen LogP) is 1.11. The number of hydrogen-bond acceptors (Lipinski definition) is 1. The summed E-state index contributed by atoms with van der Waals surface area (Å²) >= 11 is 0. The van der Waals surface area contributed by atoms with E-state index in [0.29, 0.717) is 5.84 Å². The van der Waals surface area contributed by atoms with E-state index in [2.05, 4.69) is 11.6 Å². The molecule has 0 aromatic carbocycles. The fourth-order valence-corrected chi connectivity index (χ4v) is 0.439. The molecule has 2 heteroatoms. The minimum atomic E-state index is 0.565. The third kappa shape index (κ3) is 2.69. The second-order valence-electron chi connectivity index (χ2n) is 1.69. The molecular weight excluding hydrogens is 112 g/mol. The number of rotatable bonds is 2. The van der Waals surface area contributed by atoms with Crippen molar-refractivity contribution in [1.82, 2.24) is 0 Å². The molecule has 0 saturated carbocycles. The average Bonchev–Trinajstić information content (AvgIpc) is 1.87. The molecule has 0 heterocycles. The Labute approximate surface area is 55.8 Å². The van der Waals surface area contributed by atoms with Gasteiger partial charge in [-0.15, -0.1) is 0 Å². The molecule has 2 N–H and O–H groups in total. The fourth-order valence-electron chi connectivity index (χ4n) is 0.439. The number of amidine groups is 1. The van der Waals surface area contributed by atoms with Gasteiger partial charge in [0, 0.05) is 7.05 Å². The van der Waals surface area contributed by atoms with Crippen LogP contribution in [0, 0.1) is 0 Å². The van der Waals surface area contributed by atoms with Crippen molar-refractivity contribution in [3.8, 4) is 0 Å². The molecule has 9 heavy (non-hydrogen) atoms. The average molecular weight is 124 g/mol. The Morgan fingerprint density at radius 3 is 2.56 bits per heavy atom. The molecule has 0 spiro atoms. The van der Waals surface area contributed by atoms with Crippen molar-refractivity contribution in [3.63, 3.8) is 0 Å². The van der Waals surface area contributed by atoms with Gasteiger partial charge in [-0.05, 0) is 12.5 Å². The summed E-state index contributed by atoms with van der Waals surface area (Å²) in [7, 11) is 1.66. The van der Waals surface area contributed by atoms with Crippen LogP contribution in [0.1, 0.15) is 6.92 Å². The lowest BCUT2D eigenvalue weighted by Crippen LogP contribution is -2.12. The highest BCUT2D eigenvalue weighted by Crippen LogP contribution is 1.90. The first-order valence-corrected chi connectivity index (χ1v) is 2.74. The van der Waals surface area contributed by atoms with E-state index in [1.807, 2.05) is 13.0 Å². The van der Waals surface area contributed by atoms with E-state index >= 15 is 0 Å². The van der Waals surface area contributed by atoms with Gasteiger partial charge < -0.3 is 5.73 Å². The van der Waals surface area contributed by atoms with E-state index in [4.69, 9.17) is 5.73 Å². The Balaban J connectivity index is 4.19. The Bertz CT molecular complexity index is 154. The number of aliphatic imine (C=N–C) groups is 1. The number of nitrogens with zero attached hydrogens (tertiary/aromatic N) is 1. The van der Waals surface area contributed by atoms with Gasteiger partial charge in [-0.2, -0.15) is 0 Å². The highest BCUT2D eigenvalue weighted by atomic mass is 14.8.